The lowest BCUT2D eigenvalue weighted by Gasteiger charge is -2.19. The number of carbonyl (C=O) groups is 2. The quantitative estimate of drug-likeness (QED) is 0.625. The summed E-state index contributed by atoms with van der Waals surface area (Å²) in [5.41, 5.74) is -0.0970. The lowest BCUT2D eigenvalue weighted by molar-refractivity contribution is 0.00695. The molecule has 0 aliphatic carbocycles. The maximum absolute atomic E-state index is 11.7. The van der Waals surface area contributed by atoms with Crippen LogP contribution in [0.3, 0.4) is 0 Å². The molecular formula is C12H15NO4. The standard InChI is InChI=1S/C12H15NO4/c1-12(2,3)16-10(14)8-5-4-6-9(7-8)11(15)17-13/h4-7H,13H2,1-3H3. The Morgan fingerprint density at radius 3 is 2.12 bits per heavy atom. The third kappa shape index (κ3) is 3.88. The Bertz CT molecular complexity index is 434. The summed E-state index contributed by atoms with van der Waals surface area (Å²) < 4.78 is 5.17. The van der Waals surface area contributed by atoms with Crippen LogP contribution in [0.5, 0.6) is 0 Å². The van der Waals surface area contributed by atoms with Gasteiger partial charge in [0.15, 0.2) is 0 Å². The first-order chi connectivity index (χ1) is 7.83. The van der Waals surface area contributed by atoms with Crippen LogP contribution >= 0.6 is 0 Å². The number of rotatable bonds is 2. The Morgan fingerprint density at radius 1 is 1.12 bits per heavy atom. The fourth-order valence-corrected chi connectivity index (χ4v) is 1.18. The molecule has 0 saturated heterocycles. The van der Waals surface area contributed by atoms with Crippen molar-refractivity contribution in [3.05, 3.63) is 35.4 Å². The highest BCUT2D eigenvalue weighted by molar-refractivity contribution is 5.95. The molecule has 5 heteroatoms. The first-order valence-corrected chi connectivity index (χ1v) is 5.08. The Labute approximate surface area is 99.5 Å². The lowest BCUT2D eigenvalue weighted by atomic mass is 10.1. The molecule has 0 bridgehead atoms. The monoisotopic (exact) mass is 237 g/mol. The smallest absolute Gasteiger partial charge is 0.356 e. The first kappa shape index (κ1) is 13.2. The molecule has 0 aliphatic rings. The highest BCUT2D eigenvalue weighted by Crippen LogP contribution is 2.13. The topological polar surface area (TPSA) is 78.6 Å². The van der Waals surface area contributed by atoms with Gasteiger partial charge in [-0.3, -0.25) is 0 Å². The Balaban J connectivity index is 2.92. The third-order valence-electron chi connectivity index (χ3n) is 1.84. The molecule has 1 aromatic rings. The molecule has 2 N–H and O–H groups in total. The van der Waals surface area contributed by atoms with Gasteiger partial charge >= 0.3 is 11.9 Å². The van der Waals surface area contributed by atoms with E-state index in [1.54, 1.807) is 32.9 Å². The summed E-state index contributed by atoms with van der Waals surface area (Å²) in [6.45, 7) is 5.30. The van der Waals surface area contributed by atoms with Crippen LogP contribution in [0.2, 0.25) is 0 Å². The number of carbonyl (C=O) groups excluding carboxylic acids is 2. The molecule has 1 rings (SSSR count). The van der Waals surface area contributed by atoms with E-state index in [1.165, 1.54) is 12.1 Å². The van der Waals surface area contributed by atoms with Gasteiger partial charge < -0.3 is 9.57 Å². The van der Waals surface area contributed by atoms with E-state index >= 15 is 0 Å². The minimum atomic E-state index is -0.699. The second-order valence-electron chi connectivity index (χ2n) is 4.49. The number of esters is 1. The van der Waals surface area contributed by atoms with Crippen LogP contribution in [-0.2, 0) is 9.57 Å². The number of nitrogens with two attached hydrogens (primary N) is 1. The number of hydrogen-bond acceptors (Lipinski definition) is 5. The van der Waals surface area contributed by atoms with Gasteiger partial charge in [0.2, 0.25) is 0 Å². The molecule has 0 unspecified atom stereocenters. The SMILES string of the molecule is CC(C)(C)OC(=O)c1cccc(C(=O)ON)c1. The molecule has 0 aliphatic heterocycles. The van der Waals surface area contributed by atoms with Crippen LogP contribution in [0.25, 0.3) is 0 Å². The average molecular weight is 237 g/mol. The molecule has 0 spiro atoms. The second kappa shape index (κ2) is 4.97. The zero-order valence-corrected chi connectivity index (χ0v) is 10.0. The van der Waals surface area contributed by atoms with Crippen LogP contribution < -0.4 is 5.90 Å². The predicted octanol–water partition coefficient (Wildman–Crippen LogP) is 1.67. The highest BCUT2D eigenvalue weighted by atomic mass is 16.7. The van der Waals surface area contributed by atoms with Crippen LogP contribution in [0.4, 0.5) is 0 Å². The summed E-state index contributed by atoms with van der Waals surface area (Å²) in [6, 6.07) is 6.00. The van der Waals surface area contributed by atoms with E-state index in [4.69, 9.17) is 10.6 Å². The van der Waals surface area contributed by atoms with Crippen LogP contribution in [0.1, 0.15) is 41.5 Å². The maximum Gasteiger partial charge on any atom is 0.356 e. The molecule has 0 radical (unpaired) electrons. The van der Waals surface area contributed by atoms with Crippen molar-refractivity contribution in [1.82, 2.24) is 0 Å². The fourth-order valence-electron chi connectivity index (χ4n) is 1.18. The van der Waals surface area contributed by atoms with Crippen molar-refractivity contribution in [1.29, 1.82) is 0 Å². The van der Waals surface area contributed by atoms with E-state index in [0.29, 0.717) is 0 Å². The van der Waals surface area contributed by atoms with E-state index in [1.807, 2.05) is 0 Å². The van der Waals surface area contributed by atoms with Crippen molar-refractivity contribution in [2.45, 2.75) is 26.4 Å². The first-order valence-electron chi connectivity index (χ1n) is 5.08. The van der Waals surface area contributed by atoms with Gasteiger partial charge in [-0.15, -0.1) is 0 Å². The van der Waals surface area contributed by atoms with Crippen LogP contribution in [0.15, 0.2) is 24.3 Å². The molecule has 5 nitrogen and oxygen atoms in total. The summed E-state index contributed by atoms with van der Waals surface area (Å²) in [5, 5.41) is 0. The van der Waals surface area contributed by atoms with E-state index < -0.39 is 17.5 Å². The summed E-state index contributed by atoms with van der Waals surface area (Å²) in [4.78, 5) is 27.0. The number of benzene rings is 1. The molecule has 0 fully saturated rings. The van der Waals surface area contributed by atoms with Gasteiger partial charge in [0, 0.05) is 0 Å². The largest absolute Gasteiger partial charge is 0.456 e. The molecule has 0 saturated carbocycles. The second-order valence-corrected chi connectivity index (χ2v) is 4.49. The van der Waals surface area contributed by atoms with Crippen molar-refractivity contribution in [2.24, 2.45) is 5.90 Å². The Morgan fingerprint density at radius 2 is 1.65 bits per heavy atom. The van der Waals surface area contributed by atoms with Crippen molar-refractivity contribution >= 4 is 11.9 Å². The van der Waals surface area contributed by atoms with Gasteiger partial charge in [-0.05, 0) is 39.0 Å². The number of ether oxygens (including phenoxy) is 1. The van der Waals surface area contributed by atoms with E-state index in [9.17, 15) is 9.59 Å². The molecule has 17 heavy (non-hydrogen) atoms. The van der Waals surface area contributed by atoms with Crippen molar-refractivity contribution in [3.8, 4) is 0 Å². The van der Waals surface area contributed by atoms with Gasteiger partial charge in [0.25, 0.3) is 0 Å². The Kier molecular flexibility index (Phi) is 3.85. The zero-order valence-electron chi connectivity index (χ0n) is 10.0. The molecular weight excluding hydrogens is 222 g/mol. The van der Waals surface area contributed by atoms with Gasteiger partial charge in [-0.2, -0.15) is 5.90 Å². The van der Waals surface area contributed by atoms with Gasteiger partial charge in [0.05, 0.1) is 11.1 Å². The predicted molar refractivity (Wildman–Crippen MR) is 61.2 cm³/mol. The van der Waals surface area contributed by atoms with Gasteiger partial charge in [0.1, 0.15) is 5.60 Å². The van der Waals surface area contributed by atoms with E-state index in [0.717, 1.165) is 0 Å². The van der Waals surface area contributed by atoms with Gasteiger partial charge in [-0.25, -0.2) is 9.59 Å². The summed E-state index contributed by atoms with van der Waals surface area (Å²) in [7, 11) is 0. The summed E-state index contributed by atoms with van der Waals surface area (Å²) in [6.07, 6.45) is 0. The summed E-state index contributed by atoms with van der Waals surface area (Å²) in [5.74, 6) is 3.57. The fraction of sp³-hybridized carbons (Fsp3) is 0.333. The average Bonchev–Trinajstić information content (AvgIpc) is 2.26. The normalized spacial score (nSPS) is 10.8. The number of hydrogen-bond donors (Lipinski definition) is 1. The molecule has 92 valence electrons. The van der Waals surface area contributed by atoms with Crippen molar-refractivity contribution < 1.29 is 19.2 Å². The minimum Gasteiger partial charge on any atom is -0.456 e. The zero-order chi connectivity index (χ0) is 13.1. The van der Waals surface area contributed by atoms with Crippen molar-refractivity contribution in [2.75, 3.05) is 0 Å². The minimum absolute atomic E-state index is 0.204. The molecule has 0 heterocycles. The highest BCUT2D eigenvalue weighted by Gasteiger charge is 2.18. The molecule has 0 aromatic heterocycles. The third-order valence-corrected chi connectivity index (χ3v) is 1.84. The van der Waals surface area contributed by atoms with E-state index in [-0.39, 0.29) is 11.1 Å². The van der Waals surface area contributed by atoms with Crippen LogP contribution in [-0.4, -0.2) is 17.5 Å². The van der Waals surface area contributed by atoms with E-state index in [2.05, 4.69) is 4.84 Å². The van der Waals surface area contributed by atoms with Crippen molar-refractivity contribution in [3.63, 3.8) is 0 Å². The summed E-state index contributed by atoms with van der Waals surface area (Å²) >= 11 is 0. The van der Waals surface area contributed by atoms with Crippen LogP contribution in [0, 0.1) is 0 Å². The Hall–Kier alpha value is -1.88. The molecule has 0 amide bonds. The molecule has 1 aromatic carbocycles. The van der Waals surface area contributed by atoms with Gasteiger partial charge in [-0.1, -0.05) is 6.07 Å². The lowest BCUT2D eigenvalue weighted by Crippen LogP contribution is -2.24. The molecule has 0 atom stereocenters. The maximum atomic E-state index is 11.7.